The van der Waals surface area contributed by atoms with E-state index >= 15 is 0 Å². The predicted octanol–water partition coefficient (Wildman–Crippen LogP) is 4.10. The summed E-state index contributed by atoms with van der Waals surface area (Å²) in [7, 11) is 3.39. The van der Waals surface area contributed by atoms with E-state index in [0.29, 0.717) is 0 Å². The third-order valence-corrected chi connectivity index (χ3v) is 3.62. The van der Waals surface area contributed by atoms with Crippen LogP contribution >= 0.6 is 0 Å². The van der Waals surface area contributed by atoms with Gasteiger partial charge in [-0.05, 0) is 42.3 Å². The van der Waals surface area contributed by atoms with Crippen LogP contribution in [0.3, 0.4) is 0 Å². The number of benzene rings is 2. The summed E-state index contributed by atoms with van der Waals surface area (Å²) < 4.78 is 18.6. The van der Waals surface area contributed by atoms with Crippen LogP contribution in [0.25, 0.3) is 0 Å². The van der Waals surface area contributed by atoms with Crippen LogP contribution in [-0.2, 0) is 6.42 Å². The monoisotopic (exact) mass is 287 g/mol. The van der Waals surface area contributed by atoms with E-state index in [9.17, 15) is 4.39 Å². The first-order chi connectivity index (χ1) is 10.2. The molecule has 0 radical (unpaired) electrons. The molecule has 0 saturated heterocycles. The van der Waals surface area contributed by atoms with Crippen molar-refractivity contribution in [1.82, 2.24) is 5.32 Å². The Labute approximate surface area is 126 Å². The van der Waals surface area contributed by atoms with Crippen molar-refractivity contribution in [2.45, 2.75) is 25.8 Å². The first kappa shape index (κ1) is 15.5. The lowest BCUT2D eigenvalue weighted by atomic mass is 9.96. The van der Waals surface area contributed by atoms with Gasteiger partial charge in [-0.25, -0.2) is 4.39 Å². The number of nitrogens with one attached hydrogen (secondary N) is 1. The molecule has 0 aromatic heterocycles. The Morgan fingerprint density at radius 1 is 1.14 bits per heavy atom. The second-order valence-electron chi connectivity index (χ2n) is 5.11. The molecule has 0 heterocycles. The number of hydrogen-bond donors (Lipinski definition) is 1. The molecular weight excluding hydrogens is 265 g/mol. The van der Waals surface area contributed by atoms with E-state index in [1.54, 1.807) is 12.1 Å². The summed E-state index contributed by atoms with van der Waals surface area (Å²) in [6.45, 7) is 2.17. The number of halogens is 1. The third-order valence-electron chi connectivity index (χ3n) is 3.62. The average molecular weight is 287 g/mol. The highest BCUT2D eigenvalue weighted by Crippen LogP contribution is 2.27. The lowest BCUT2D eigenvalue weighted by Crippen LogP contribution is -2.18. The SMILES string of the molecule is CCCc1cccc(C(NC)c2ccc(F)c(OC)c2)c1. The Morgan fingerprint density at radius 3 is 2.57 bits per heavy atom. The van der Waals surface area contributed by atoms with Crippen LogP contribution in [0.2, 0.25) is 0 Å². The molecule has 21 heavy (non-hydrogen) atoms. The van der Waals surface area contributed by atoms with Crippen molar-refractivity contribution in [3.05, 3.63) is 65.0 Å². The summed E-state index contributed by atoms with van der Waals surface area (Å²) in [5.41, 5.74) is 3.49. The van der Waals surface area contributed by atoms with Crippen LogP contribution in [0, 0.1) is 5.82 Å². The zero-order valence-corrected chi connectivity index (χ0v) is 12.8. The fourth-order valence-electron chi connectivity index (χ4n) is 2.60. The summed E-state index contributed by atoms with van der Waals surface area (Å²) >= 11 is 0. The molecule has 0 aliphatic carbocycles. The molecule has 1 atom stereocenters. The Balaban J connectivity index is 2.37. The Morgan fingerprint density at radius 2 is 1.90 bits per heavy atom. The Kier molecular flexibility index (Phi) is 5.34. The van der Waals surface area contributed by atoms with Gasteiger partial charge in [-0.2, -0.15) is 0 Å². The van der Waals surface area contributed by atoms with Gasteiger partial charge in [-0.3, -0.25) is 0 Å². The normalized spacial score (nSPS) is 12.2. The molecule has 1 unspecified atom stereocenters. The molecular formula is C18H22FNO. The van der Waals surface area contributed by atoms with Crippen molar-refractivity contribution in [2.24, 2.45) is 0 Å². The summed E-state index contributed by atoms with van der Waals surface area (Å²) in [5, 5.41) is 3.30. The van der Waals surface area contributed by atoms with Crippen molar-refractivity contribution in [3.8, 4) is 5.75 Å². The Bertz CT molecular complexity index is 598. The van der Waals surface area contributed by atoms with Crippen LogP contribution < -0.4 is 10.1 Å². The van der Waals surface area contributed by atoms with E-state index in [4.69, 9.17) is 4.74 Å². The van der Waals surface area contributed by atoms with E-state index < -0.39 is 0 Å². The molecule has 0 aliphatic heterocycles. The fourth-order valence-corrected chi connectivity index (χ4v) is 2.60. The van der Waals surface area contributed by atoms with Gasteiger partial charge >= 0.3 is 0 Å². The van der Waals surface area contributed by atoms with Crippen LogP contribution in [0.5, 0.6) is 5.75 Å². The van der Waals surface area contributed by atoms with E-state index in [1.165, 1.54) is 24.3 Å². The second-order valence-corrected chi connectivity index (χ2v) is 5.11. The van der Waals surface area contributed by atoms with Crippen molar-refractivity contribution < 1.29 is 9.13 Å². The van der Waals surface area contributed by atoms with Gasteiger partial charge in [0.05, 0.1) is 13.2 Å². The first-order valence-electron chi connectivity index (χ1n) is 7.29. The molecule has 2 rings (SSSR count). The molecule has 1 N–H and O–H groups in total. The number of hydrogen-bond acceptors (Lipinski definition) is 2. The largest absolute Gasteiger partial charge is 0.494 e. The highest BCUT2D eigenvalue weighted by atomic mass is 19.1. The van der Waals surface area contributed by atoms with Gasteiger partial charge in [0.1, 0.15) is 0 Å². The highest BCUT2D eigenvalue weighted by Gasteiger charge is 2.14. The maximum atomic E-state index is 13.6. The van der Waals surface area contributed by atoms with Gasteiger partial charge in [0.25, 0.3) is 0 Å². The van der Waals surface area contributed by atoms with E-state index in [0.717, 1.165) is 18.4 Å². The fraction of sp³-hybridized carbons (Fsp3) is 0.333. The average Bonchev–Trinajstić information content (AvgIpc) is 2.50. The molecule has 0 spiro atoms. The van der Waals surface area contributed by atoms with Gasteiger partial charge in [-0.1, -0.05) is 43.7 Å². The third kappa shape index (κ3) is 3.61. The minimum absolute atomic E-state index is 0.0244. The quantitative estimate of drug-likeness (QED) is 0.864. The molecule has 0 saturated carbocycles. The number of rotatable bonds is 6. The number of ether oxygens (including phenoxy) is 1. The highest BCUT2D eigenvalue weighted by molar-refractivity contribution is 5.38. The molecule has 0 aliphatic rings. The van der Waals surface area contributed by atoms with Crippen molar-refractivity contribution in [3.63, 3.8) is 0 Å². The van der Waals surface area contributed by atoms with Gasteiger partial charge < -0.3 is 10.1 Å². The van der Waals surface area contributed by atoms with E-state index in [2.05, 4.69) is 36.5 Å². The van der Waals surface area contributed by atoms with Crippen LogP contribution in [-0.4, -0.2) is 14.2 Å². The smallest absolute Gasteiger partial charge is 0.165 e. The van der Waals surface area contributed by atoms with Crippen LogP contribution in [0.4, 0.5) is 4.39 Å². The minimum Gasteiger partial charge on any atom is -0.494 e. The predicted molar refractivity (Wildman–Crippen MR) is 84.3 cm³/mol. The summed E-state index contributed by atoms with van der Waals surface area (Å²) in [6, 6.07) is 13.5. The minimum atomic E-state index is -0.337. The van der Waals surface area contributed by atoms with Crippen molar-refractivity contribution in [2.75, 3.05) is 14.2 Å². The first-order valence-corrected chi connectivity index (χ1v) is 7.29. The molecule has 2 aromatic rings. The Hall–Kier alpha value is -1.87. The maximum absolute atomic E-state index is 13.6. The molecule has 112 valence electrons. The van der Waals surface area contributed by atoms with E-state index in [-0.39, 0.29) is 17.6 Å². The molecule has 2 aromatic carbocycles. The molecule has 2 nitrogen and oxygen atoms in total. The molecule has 0 fully saturated rings. The number of aryl methyl sites for hydroxylation is 1. The van der Waals surface area contributed by atoms with Gasteiger partial charge in [-0.15, -0.1) is 0 Å². The summed E-state index contributed by atoms with van der Waals surface area (Å²) in [5.74, 6) is -0.0618. The maximum Gasteiger partial charge on any atom is 0.165 e. The molecule has 3 heteroatoms. The van der Waals surface area contributed by atoms with E-state index in [1.807, 2.05) is 7.05 Å². The second kappa shape index (κ2) is 7.23. The zero-order valence-electron chi connectivity index (χ0n) is 12.8. The van der Waals surface area contributed by atoms with Crippen molar-refractivity contribution in [1.29, 1.82) is 0 Å². The standard InChI is InChI=1S/C18H22FNO/c1-4-6-13-7-5-8-14(11-13)18(20-2)15-9-10-16(19)17(12-15)21-3/h5,7-12,18,20H,4,6H2,1-3H3. The van der Waals surface area contributed by atoms with Crippen LogP contribution in [0.1, 0.15) is 36.1 Å². The molecule has 0 bridgehead atoms. The van der Waals surface area contributed by atoms with Gasteiger partial charge in [0.15, 0.2) is 11.6 Å². The lowest BCUT2D eigenvalue weighted by Gasteiger charge is -2.19. The molecule has 0 amide bonds. The zero-order chi connectivity index (χ0) is 15.2. The van der Waals surface area contributed by atoms with Gasteiger partial charge in [0, 0.05) is 0 Å². The summed E-state index contributed by atoms with van der Waals surface area (Å²) in [4.78, 5) is 0. The van der Waals surface area contributed by atoms with Crippen molar-refractivity contribution >= 4 is 0 Å². The van der Waals surface area contributed by atoms with Crippen LogP contribution in [0.15, 0.2) is 42.5 Å². The summed E-state index contributed by atoms with van der Waals surface area (Å²) in [6.07, 6.45) is 2.19. The van der Waals surface area contributed by atoms with Gasteiger partial charge in [0.2, 0.25) is 0 Å². The lowest BCUT2D eigenvalue weighted by molar-refractivity contribution is 0.385. The number of methoxy groups -OCH3 is 1. The topological polar surface area (TPSA) is 21.3 Å².